The highest BCUT2D eigenvalue weighted by molar-refractivity contribution is 4.81. The van der Waals surface area contributed by atoms with Gasteiger partial charge in [0.2, 0.25) is 0 Å². The fraction of sp³-hybridized carbons (Fsp3) is 1.00. The highest BCUT2D eigenvalue weighted by Crippen LogP contribution is 2.04. The van der Waals surface area contributed by atoms with E-state index in [1.807, 2.05) is 19.0 Å². The summed E-state index contributed by atoms with van der Waals surface area (Å²) in [5.41, 5.74) is 0. The van der Waals surface area contributed by atoms with Crippen molar-refractivity contribution in [2.45, 2.75) is 24.4 Å². The van der Waals surface area contributed by atoms with Crippen LogP contribution >= 0.6 is 0 Å². The van der Waals surface area contributed by atoms with Gasteiger partial charge in [-0.05, 0) is 14.1 Å². The molecule has 0 bridgehead atoms. The molecule has 0 amide bonds. The van der Waals surface area contributed by atoms with Crippen LogP contribution in [0, 0.1) is 0 Å². The highest BCUT2D eigenvalue weighted by Gasteiger charge is 2.29. The number of likely N-dealkylation sites (N-methyl/N-ethyl adjacent to an activating group) is 1. The lowest BCUT2D eigenvalue weighted by molar-refractivity contribution is -0.113. The van der Waals surface area contributed by atoms with Crippen molar-refractivity contribution in [2.24, 2.45) is 0 Å². The molecule has 0 saturated heterocycles. The van der Waals surface area contributed by atoms with Gasteiger partial charge in [-0.25, -0.2) is 0 Å². The molecule has 0 heterocycles. The van der Waals surface area contributed by atoms with Crippen molar-refractivity contribution in [1.82, 2.24) is 10.2 Å². The van der Waals surface area contributed by atoms with Crippen molar-refractivity contribution in [3.63, 3.8) is 0 Å². The lowest BCUT2D eigenvalue weighted by atomic mass is 10.0. The molecule has 0 unspecified atom stereocenters. The summed E-state index contributed by atoms with van der Waals surface area (Å²) >= 11 is 0. The zero-order chi connectivity index (χ0) is 13.4. The standard InChI is InChI=1S/C10H24N2O5/c1-12(2)4-3-11-5-7(14)9(16)10(17)8(15)6-13/h7-11,13-17H,3-6H2,1-2H3/t7-,8+,9+,10+/m0/s1. The highest BCUT2D eigenvalue weighted by atomic mass is 16.4. The Kier molecular flexibility index (Phi) is 8.61. The van der Waals surface area contributed by atoms with Gasteiger partial charge in [-0.3, -0.25) is 0 Å². The lowest BCUT2D eigenvalue weighted by Gasteiger charge is -2.25. The molecule has 0 radical (unpaired) electrons. The van der Waals surface area contributed by atoms with Crippen molar-refractivity contribution in [3.05, 3.63) is 0 Å². The first-order valence-electron chi connectivity index (χ1n) is 5.58. The number of rotatable bonds is 9. The molecular formula is C10H24N2O5. The van der Waals surface area contributed by atoms with Gasteiger partial charge in [-0.2, -0.15) is 0 Å². The van der Waals surface area contributed by atoms with Gasteiger partial charge in [0.1, 0.15) is 18.3 Å². The molecule has 0 aromatic rings. The number of aliphatic hydroxyl groups excluding tert-OH is 5. The van der Waals surface area contributed by atoms with Crippen LogP contribution in [-0.2, 0) is 0 Å². The predicted octanol–water partition coefficient (Wildman–Crippen LogP) is -3.43. The van der Waals surface area contributed by atoms with Gasteiger partial charge in [0.15, 0.2) is 0 Å². The quantitative estimate of drug-likeness (QED) is 0.237. The van der Waals surface area contributed by atoms with E-state index >= 15 is 0 Å². The van der Waals surface area contributed by atoms with E-state index in [-0.39, 0.29) is 6.54 Å². The van der Waals surface area contributed by atoms with Crippen molar-refractivity contribution in [2.75, 3.05) is 40.3 Å². The second-order valence-corrected chi connectivity index (χ2v) is 4.31. The molecule has 0 rings (SSSR count). The summed E-state index contributed by atoms with van der Waals surface area (Å²) in [6, 6.07) is 0. The molecule has 4 atom stereocenters. The number of nitrogens with one attached hydrogen (secondary N) is 1. The van der Waals surface area contributed by atoms with Crippen LogP contribution in [0.1, 0.15) is 0 Å². The molecular weight excluding hydrogens is 228 g/mol. The first kappa shape index (κ1) is 16.7. The number of aliphatic hydroxyl groups is 5. The van der Waals surface area contributed by atoms with Gasteiger partial charge in [-0.15, -0.1) is 0 Å². The van der Waals surface area contributed by atoms with E-state index in [4.69, 9.17) is 10.2 Å². The lowest BCUT2D eigenvalue weighted by Crippen LogP contribution is -2.49. The molecule has 0 fully saturated rings. The third kappa shape index (κ3) is 6.89. The molecule has 17 heavy (non-hydrogen) atoms. The van der Waals surface area contributed by atoms with Crippen LogP contribution in [0.25, 0.3) is 0 Å². The zero-order valence-electron chi connectivity index (χ0n) is 10.3. The van der Waals surface area contributed by atoms with Crippen LogP contribution in [0.2, 0.25) is 0 Å². The van der Waals surface area contributed by atoms with Gasteiger partial charge in [0, 0.05) is 19.6 Å². The summed E-state index contributed by atoms with van der Waals surface area (Å²) < 4.78 is 0. The van der Waals surface area contributed by atoms with Gasteiger partial charge in [0.05, 0.1) is 12.7 Å². The molecule has 0 aliphatic rings. The molecule has 7 heteroatoms. The van der Waals surface area contributed by atoms with Crippen molar-refractivity contribution >= 4 is 0 Å². The molecule has 0 spiro atoms. The van der Waals surface area contributed by atoms with E-state index in [0.29, 0.717) is 6.54 Å². The zero-order valence-corrected chi connectivity index (χ0v) is 10.3. The second-order valence-electron chi connectivity index (χ2n) is 4.31. The predicted molar refractivity (Wildman–Crippen MR) is 62.5 cm³/mol. The van der Waals surface area contributed by atoms with Crippen LogP contribution in [0.15, 0.2) is 0 Å². The largest absolute Gasteiger partial charge is 0.394 e. The second kappa shape index (κ2) is 8.76. The van der Waals surface area contributed by atoms with E-state index in [0.717, 1.165) is 6.54 Å². The minimum atomic E-state index is -1.56. The van der Waals surface area contributed by atoms with E-state index in [1.54, 1.807) is 0 Å². The van der Waals surface area contributed by atoms with E-state index in [9.17, 15) is 15.3 Å². The van der Waals surface area contributed by atoms with Crippen LogP contribution in [0.4, 0.5) is 0 Å². The van der Waals surface area contributed by atoms with Gasteiger partial charge >= 0.3 is 0 Å². The van der Waals surface area contributed by atoms with Crippen LogP contribution < -0.4 is 5.32 Å². The molecule has 0 aliphatic heterocycles. The summed E-state index contributed by atoms with van der Waals surface area (Å²) in [5.74, 6) is 0. The average Bonchev–Trinajstić information content (AvgIpc) is 2.31. The van der Waals surface area contributed by atoms with E-state index < -0.39 is 31.0 Å². The summed E-state index contributed by atoms with van der Waals surface area (Å²) in [6.45, 7) is 0.850. The minimum Gasteiger partial charge on any atom is -0.394 e. The first-order valence-corrected chi connectivity index (χ1v) is 5.58. The Labute approximate surface area is 101 Å². The van der Waals surface area contributed by atoms with Crippen LogP contribution in [0.5, 0.6) is 0 Å². The Morgan fingerprint density at radius 2 is 1.53 bits per heavy atom. The number of hydrogen-bond donors (Lipinski definition) is 6. The van der Waals surface area contributed by atoms with E-state index in [2.05, 4.69) is 5.32 Å². The monoisotopic (exact) mass is 252 g/mol. The summed E-state index contributed by atoms with van der Waals surface area (Å²) in [7, 11) is 3.82. The van der Waals surface area contributed by atoms with Crippen molar-refractivity contribution in [3.8, 4) is 0 Å². The Bertz CT molecular complexity index is 194. The minimum absolute atomic E-state index is 0.101. The van der Waals surface area contributed by atoms with Crippen molar-refractivity contribution in [1.29, 1.82) is 0 Å². The Morgan fingerprint density at radius 3 is 2.00 bits per heavy atom. The molecule has 7 nitrogen and oxygen atoms in total. The third-order valence-corrected chi connectivity index (χ3v) is 2.41. The van der Waals surface area contributed by atoms with Crippen LogP contribution in [-0.4, -0.2) is 95.2 Å². The topological polar surface area (TPSA) is 116 Å². The maximum atomic E-state index is 9.52. The average molecular weight is 252 g/mol. The SMILES string of the molecule is CN(C)CCNC[C@H](O)[C@@H](O)[C@H](O)[C@H](O)CO. The normalized spacial score (nSPS) is 19.1. The van der Waals surface area contributed by atoms with E-state index in [1.165, 1.54) is 0 Å². The third-order valence-electron chi connectivity index (χ3n) is 2.41. The number of hydrogen-bond acceptors (Lipinski definition) is 7. The van der Waals surface area contributed by atoms with Gasteiger partial charge < -0.3 is 35.7 Å². The molecule has 0 saturated carbocycles. The smallest absolute Gasteiger partial charge is 0.111 e. The van der Waals surface area contributed by atoms with Gasteiger partial charge in [0.25, 0.3) is 0 Å². The maximum Gasteiger partial charge on any atom is 0.111 e. The molecule has 0 aliphatic carbocycles. The first-order chi connectivity index (χ1) is 7.90. The fourth-order valence-electron chi connectivity index (χ4n) is 1.24. The summed E-state index contributed by atoms with van der Waals surface area (Å²) in [5, 5.41) is 48.9. The molecule has 104 valence electrons. The molecule has 0 aromatic heterocycles. The fourth-order valence-corrected chi connectivity index (χ4v) is 1.24. The summed E-state index contributed by atoms with van der Waals surface area (Å²) in [6.07, 6.45) is -5.72. The van der Waals surface area contributed by atoms with Gasteiger partial charge in [-0.1, -0.05) is 0 Å². The Morgan fingerprint density at radius 1 is 1.00 bits per heavy atom. The van der Waals surface area contributed by atoms with Crippen LogP contribution in [0.3, 0.4) is 0 Å². The molecule has 0 aromatic carbocycles. The number of nitrogens with zero attached hydrogens (tertiary/aromatic N) is 1. The Hall–Kier alpha value is -0.280. The maximum absolute atomic E-state index is 9.52. The van der Waals surface area contributed by atoms with Crippen molar-refractivity contribution < 1.29 is 25.5 Å². The summed E-state index contributed by atoms with van der Waals surface area (Å²) in [4.78, 5) is 1.96. The molecule has 6 N–H and O–H groups in total. The Balaban J connectivity index is 3.84.